The van der Waals surface area contributed by atoms with E-state index in [4.69, 9.17) is 9.40 Å². The van der Waals surface area contributed by atoms with Crippen molar-refractivity contribution in [2.45, 2.75) is 65.5 Å². The fourth-order valence-electron chi connectivity index (χ4n) is 5.80. The van der Waals surface area contributed by atoms with Crippen molar-refractivity contribution in [1.29, 1.82) is 0 Å². The molecule has 4 heterocycles. The molecule has 3 aromatic rings. The number of aryl methyl sites for hydroxylation is 1. The molecule has 0 saturated carbocycles. The van der Waals surface area contributed by atoms with Crippen LogP contribution in [0.1, 0.15) is 70.0 Å². The summed E-state index contributed by atoms with van der Waals surface area (Å²) in [4.78, 5) is 7.37. The van der Waals surface area contributed by atoms with Crippen molar-refractivity contribution in [2.24, 2.45) is 5.41 Å². The standard InChI is InChI=1S/C24H28N2O/c1-14-10-8-11-16-20(14)26-15(2)21-18(19-17(27-21)12-9-13-25-19)24(26,7)23(5,6)22(16,3)4/h8-13,15H,1-7H3/t15-,24?/m0/s1. The fourth-order valence-corrected chi connectivity index (χ4v) is 5.80. The van der Waals surface area contributed by atoms with Gasteiger partial charge in [0.05, 0.1) is 11.6 Å². The van der Waals surface area contributed by atoms with Gasteiger partial charge in [0.2, 0.25) is 0 Å². The summed E-state index contributed by atoms with van der Waals surface area (Å²) in [6.45, 7) is 16.5. The topological polar surface area (TPSA) is 29.3 Å². The summed E-state index contributed by atoms with van der Waals surface area (Å²) in [5.74, 6) is 1.08. The molecule has 0 aliphatic carbocycles. The number of para-hydroxylation sites is 1. The van der Waals surface area contributed by atoms with Gasteiger partial charge in [0.1, 0.15) is 11.3 Å². The van der Waals surface area contributed by atoms with Crippen molar-refractivity contribution in [2.75, 3.05) is 4.90 Å². The molecular weight excluding hydrogens is 332 g/mol. The van der Waals surface area contributed by atoms with Gasteiger partial charge in [-0.3, -0.25) is 4.98 Å². The highest BCUT2D eigenvalue weighted by molar-refractivity contribution is 5.84. The number of anilines is 1. The van der Waals surface area contributed by atoms with Crippen LogP contribution < -0.4 is 4.90 Å². The first-order valence-electron chi connectivity index (χ1n) is 9.91. The molecular formula is C24H28N2O. The van der Waals surface area contributed by atoms with Gasteiger partial charge in [-0.05, 0) is 49.4 Å². The van der Waals surface area contributed by atoms with E-state index in [0.717, 1.165) is 16.9 Å². The molecule has 0 radical (unpaired) electrons. The summed E-state index contributed by atoms with van der Waals surface area (Å²) in [5.41, 5.74) is 7.09. The van der Waals surface area contributed by atoms with E-state index in [1.807, 2.05) is 18.3 Å². The number of aromatic nitrogens is 1. The molecule has 0 saturated heterocycles. The second-order valence-corrected chi connectivity index (χ2v) is 9.53. The zero-order chi connectivity index (χ0) is 19.4. The number of fused-ring (bicyclic) bond motifs is 7. The lowest BCUT2D eigenvalue weighted by atomic mass is 9.51. The summed E-state index contributed by atoms with van der Waals surface area (Å²) in [5, 5.41) is 0. The van der Waals surface area contributed by atoms with Crippen LogP contribution in [0.5, 0.6) is 0 Å². The fraction of sp³-hybridized carbons (Fsp3) is 0.458. The number of nitrogens with zero attached hydrogens (tertiary/aromatic N) is 2. The maximum absolute atomic E-state index is 6.39. The van der Waals surface area contributed by atoms with Gasteiger partial charge in [-0.2, -0.15) is 0 Å². The second-order valence-electron chi connectivity index (χ2n) is 9.53. The Morgan fingerprint density at radius 2 is 1.78 bits per heavy atom. The van der Waals surface area contributed by atoms with Crippen LogP contribution in [-0.2, 0) is 11.0 Å². The van der Waals surface area contributed by atoms with Crippen LogP contribution in [0.4, 0.5) is 5.69 Å². The molecule has 2 atom stereocenters. The lowest BCUT2D eigenvalue weighted by molar-refractivity contribution is 0.0659. The molecule has 2 aliphatic heterocycles. The van der Waals surface area contributed by atoms with Gasteiger partial charge in [-0.25, -0.2) is 0 Å². The van der Waals surface area contributed by atoms with Crippen molar-refractivity contribution in [3.05, 3.63) is 59.0 Å². The zero-order valence-electron chi connectivity index (χ0n) is 17.3. The molecule has 2 aromatic heterocycles. The Balaban J connectivity index is 1.95. The van der Waals surface area contributed by atoms with Crippen LogP contribution in [0.25, 0.3) is 11.1 Å². The molecule has 5 rings (SSSR count). The number of hydrogen-bond acceptors (Lipinski definition) is 3. The molecule has 0 spiro atoms. The van der Waals surface area contributed by atoms with Gasteiger partial charge in [-0.1, -0.05) is 45.9 Å². The Bertz CT molecular complexity index is 1090. The Hall–Kier alpha value is -2.29. The van der Waals surface area contributed by atoms with Crippen LogP contribution in [0.3, 0.4) is 0 Å². The molecule has 3 heteroatoms. The predicted molar refractivity (Wildman–Crippen MR) is 110 cm³/mol. The largest absolute Gasteiger partial charge is 0.457 e. The number of furan rings is 1. The summed E-state index contributed by atoms with van der Waals surface area (Å²) < 4.78 is 6.39. The van der Waals surface area contributed by atoms with E-state index >= 15 is 0 Å². The first-order valence-corrected chi connectivity index (χ1v) is 9.91. The first-order chi connectivity index (χ1) is 12.6. The predicted octanol–water partition coefficient (Wildman–Crippen LogP) is 6.25. The van der Waals surface area contributed by atoms with Crippen molar-refractivity contribution < 1.29 is 4.42 Å². The normalized spacial score (nSPS) is 27.4. The Morgan fingerprint density at radius 1 is 1.04 bits per heavy atom. The van der Waals surface area contributed by atoms with Crippen LogP contribution in [0.2, 0.25) is 0 Å². The number of benzene rings is 1. The van der Waals surface area contributed by atoms with Gasteiger partial charge < -0.3 is 9.32 Å². The highest BCUT2D eigenvalue weighted by Gasteiger charge is 2.65. The van der Waals surface area contributed by atoms with E-state index in [9.17, 15) is 0 Å². The summed E-state index contributed by atoms with van der Waals surface area (Å²) in [7, 11) is 0. The lowest BCUT2D eigenvalue weighted by Crippen LogP contribution is -2.62. The molecule has 1 aromatic carbocycles. The van der Waals surface area contributed by atoms with Crippen molar-refractivity contribution in [1.82, 2.24) is 4.98 Å². The van der Waals surface area contributed by atoms with E-state index in [0.29, 0.717) is 0 Å². The number of hydrogen-bond donors (Lipinski definition) is 0. The molecule has 1 unspecified atom stereocenters. The SMILES string of the molecule is Cc1cccc2c1N1[C@@H](C)c3oc4cccnc4c3C1(C)C(C)(C)C2(C)C. The van der Waals surface area contributed by atoms with Gasteiger partial charge in [0, 0.05) is 22.9 Å². The average Bonchev–Trinajstić information content (AvgIpc) is 3.10. The lowest BCUT2D eigenvalue weighted by Gasteiger charge is -2.62. The van der Waals surface area contributed by atoms with Crippen molar-refractivity contribution in [3.8, 4) is 0 Å². The molecule has 2 aliphatic rings. The molecule has 0 amide bonds. The second kappa shape index (κ2) is 4.76. The third-order valence-electron chi connectivity index (χ3n) is 8.14. The Morgan fingerprint density at radius 3 is 2.52 bits per heavy atom. The maximum atomic E-state index is 6.39. The van der Waals surface area contributed by atoms with Crippen LogP contribution in [-0.4, -0.2) is 4.98 Å². The van der Waals surface area contributed by atoms with Crippen molar-refractivity contribution >= 4 is 16.8 Å². The minimum atomic E-state index is -0.204. The molecule has 3 nitrogen and oxygen atoms in total. The van der Waals surface area contributed by atoms with E-state index in [1.165, 1.54) is 22.4 Å². The van der Waals surface area contributed by atoms with E-state index in [2.05, 4.69) is 71.6 Å². The van der Waals surface area contributed by atoms with Gasteiger partial charge in [0.15, 0.2) is 5.58 Å². The zero-order valence-corrected chi connectivity index (χ0v) is 17.3. The van der Waals surface area contributed by atoms with Crippen molar-refractivity contribution in [3.63, 3.8) is 0 Å². The van der Waals surface area contributed by atoms with Gasteiger partial charge in [-0.15, -0.1) is 0 Å². The minimum absolute atomic E-state index is 0.000687. The maximum Gasteiger partial charge on any atom is 0.153 e. The van der Waals surface area contributed by atoms with E-state index < -0.39 is 0 Å². The third-order valence-corrected chi connectivity index (χ3v) is 8.14. The van der Waals surface area contributed by atoms with Gasteiger partial charge >= 0.3 is 0 Å². The molecule has 0 N–H and O–H groups in total. The number of pyridine rings is 1. The number of rotatable bonds is 0. The highest BCUT2D eigenvalue weighted by atomic mass is 16.3. The first kappa shape index (κ1) is 16.9. The minimum Gasteiger partial charge on any atom is -0.457 e. The summed E-state index contributed by atoms with van der Waals surface area (Å²) in [6.07, 6.45) is 1.88. The van der Waals surface area contributed by atoms with Crippen LogP contribution in [0.15, 0.2) is 40.9 Å². The van der Waals surface area contributed by atoms with Crippen LogP contribution in [0, 0.1) is 12.3 Å². The molecule has 140 valence electrons. The summed E-state index contributed by atoms with van der Waals surface area (Å²) in [6, 6.07) is 10.9. The third kappa shape index (κ3) is 1.63. The quantitative estimate of drug-likeness (QED) is 0.474. The molecule has 0 bridgehead atoms. The monoisotopic (exact) mass is 360 g/mol. The van der Waals surface area contributed by atoms with Crippen LogP contribution >= 0.6 is 0 Å². The van der Waals surface area contributed by atoms with Gasteiger partial charge in [0.25, 0.3) is 0 Å². The highest BCUT2D eigenvalue weighted by Crippen LogP contribution is 2.68. The molecule has 27 heavy (non-hydrogen) atoms. The molecule has 0 fully saturated rings. The van der Waals surface area contributed by atoms with E-state index in [1.54, 1.807) is 0 Å². The average molecular weight is 361 g/mol. The Kier molecular flexibility index (Phi) is 2.97. The smallest absolute Gasteiger partial charge is 0.153 e. The Labute approximate surface area is 161 Å². The van der Waals surface area contributed by atoms with E-state index in [-0.39, 0.29) is 22.4 Å². The summed E-state index contributed by atoms with van der Waals surface area (Å²) >= 11 is 0.